The SMILES string of the molecule is CCCCCCCCC/C=C/C[P+](c1ccccc1)(c1ccccc1)c1ccccc1.[Br-]. The van der Waals surface area contributed by atoms with Gasteiger partial charge in [0, 0.05) is 0 Å². The normalized spacial score (nSPS) is 11.4. The molecular weight excluding hydrogens is 471 g/mol. The van der Waals surface area contributed by atoms with Crippen LogP contribution < -0.4 is 32.9 Å². The second-order valence-corrected chi connectivity index (χ2v) is 11.9. The third-order valence-electron chi connectivity index (χ3n) is 6.11. The minimum Gasteiger partial charge on any atom is -1.00 e. The fraction of sp³-hybridized carbons (Fsp3) is 0.333. The molecule has 0 aliphatic carbocycles. The zero-order chi connectivity index (χ0) is 21.6. The van der Waals surface area contributed by atoms with E-state index in [1.165, 1.54) is 67.3 Å². The summed E-state index contributed by atoms with van der Waals surface area (Å²) in [5.74, 6) is 0. The summed E-state index contributed by atoms with van der Waals surface area (Å²) in [6.07, 6.45) is 16.8. The van der Waals surface area contributed by atoms with Gasteiger partial charge in [0.15, 0.2) is 0 Å². The molecule has 3 rings (SSSR count). The maximum absolute atomic E-state index is 2.47. The maximum atomic E-state index is 2.47. The van der Waals surface area contributed by atoms with Gasteiger partial charge in [-0.05, 0) is 49.2 Å². The Morgan fingerprint density at radius 3 is 1.38 bits per heavy atom. The summed E-state index contributed by atoms with van der Waals surface area (Å²) in [4.78, 5) is 0. The van der Waals surface area contributed by atoms with E-state index in [1.54, 1.807) is 0 Å². The van der Waals surface area contributed by atoms with Crippen LogP contribution in [0.4, 0.5) is 0 Å². The van der Waals surface area contributed by atoms with Gasteiger partial charge in [-0.3, -0.25) is 0 Å². The Balaban J connectivity index is 0.00000363. The van der Waals surface area contributed by atoms with Crippen molar-refractivity contribution in [3.05, 3.63) is 103 Å². The summed E-state index contributed by atoms with van der Waals surface area (Å²) in [5, 5.41) is 4.40. The first kappa shape index (κ1) is 26.6. The quantitative estimate of drug-likeness (QED) is 0.178. The van der Waals surface area contributed by atoms with Gasteiger partial charge >= 0.3 is 0 Å². The molecule has 0 aliphatic heterocycles. The van der Waals surface area contributed by atoms with Crippen LogP contribution in [0, 0.1) is 0 Å². The smallest absolute Gasteiger partial charge is 0.115 e. The van der Waals surface area contributed by atoms with Gasteiger partial charge in [0.05, 0.1) is 6.16 Å². The van der Waals surface area contributed by atoms with Gasteiger partial charge in [-0.25, -0.2) is 0 Å². The molecule has 0 fully saturated rings. The first-order valence-corrected chi connectivity index (χ1v) is 14.1. The predicted octanol–water partition coefficient (Wildman–Crippen LogP) is 4.68. The highest BCUT2D eigenvalue weighted by Crippen LogP contribution is 2.55. The summed E-state index contributed by atoms with van der Waals surface area (Å²) in [7, 11) is -1.71. The van der Waals surface area contributed by atoms with E-state index in [0.29, 0.717) is 0 Å². The lowest BCUT2D eigenvalue weighted by Crippen LogP contribution is -3.00. The van der Waals surface area contributed by atoms with E-state index in [9.17, 15) is 0 Å². The Morgan fingerprint density at radius 1 is 0.531 bits per heavy atom. The molecule has 0 nitrogen and oxygen atoms in total. The highest BCUT2D eigenvalue weighted by Gasteiger charge is 2.43. The number of benzene rings is 3. The summed E-state index contributed by atoms with van der Waals surface area (Å²) >= 11 is 0. The van der Waals surface area contributed by atoms with Crippen LogP contribution in [-0.2, 0) is 0 Å². The second-order valence-electron chi connectivity index (χ2n) is 8.38. The van der Waals surface area contributed by atoms with E-state index in [2.05, 4.69) is 110 Å². The van der Waals surface area contributed by atoms with Crippen LogP contribution in [-0.4, -0.2) is 6.16 Å². The Bertz CT molecular complexity index is 778. The van der Waals surface area contributed by atoms with Crippen LogP contribution in [0.2, 0.25) is 0 Å². The van der Waals surface area contributed by atoms with Crippen molar-refractivity contribution in [2.45, 2.75) is 58.3 Å². The van der Waals surface area contributed by atoms with Crippen molar-refractivity contribution in [3.63, 3.8) is 0 Å². The van der Waals surface area contributed by atoms with E-state index >= 15 is 0 Å². The molecule has 0 bridgehead atoms. The van der Waals surface area contributed by atoms with E-state index in [0.717, 1.165) is 6.16 Å². The number of halogens is 1. The molecule has 0 aromatic heterocycles. The molecule has 0 heterocycles. The molecule has 0 radical (unpaired) electrons. The van der Waals surface area contributed by atoms with Crippen LogP contribution in [0.25, 0.3) is 0 Å². The van der Waals surface area contributed by atoms with E-state index in [-0.39, 0.29) is 17.0 Å². The van der Waals surface area contributed by atoms with Gasteiger partial charge in [-0.15, -0.1) is 0 Å². The third kappa shape index (κ3) is 7.43. The summed E-state index contributed by atoms with van der Waals surface area (Å²) in [6, 6.07) is 33.5. The summed E-state index contributed by atoms with van der Waals surface area (Å²) < 4.78 is 0. The number of hydrogen-bond acceptors (Lipinski definition) is 0. The van der Waals surface area contributed by atoms with Gasteiger partial charge in [-0.2, -0.15) is 0 Å². The number of unbranched alkanes of at least 4 members (excludes halogenated alkanes) is 7. The molecule has 0 amide bonds. The first-order valence-electron chi connectivity index (χ1n) is 12.1. The van der Waals surface area contributed by atoms with Crippen LogP contribution in [0.3, 0.4) is 0 Å². The number of allylic oxidation sites excluding steroid dienone is 2. The molecule has 0 saturated heterocycles. The van der Waals surface area contributed by atoms with E-state index < -0.39 is 7.26 Å². The molecule has 3 aromatic rings. The van der Waals surface area contributed by atoms with Gasteiger partial charge in [-0.1, -0.05) is 112 Å². The standard InChI is InChI=1S/C30H38P.BrH/c1-2-3-4-5-6-7-8-9-10-20-27-31(28-21-14-11-15-22-28,29-23-16-12-17-24-29)30-25-18-13-19-26-30;/h10-26H,2-9,27H2,1H3;1H/q+1;/p-1/b20-10+;. The Hall–Kier alpha value is -1.69. The van der Waals surface area contributed by atoms with Crippen LogP contribution in [0.15, 0.2) is 103 Å². The summed E-state index contributed by atoms with van der Waals surface area (Å²) in [5.41, 5.74) is 0. The highest BCUT2D eigenvalue weighted by molar-refractivity contribution is 7.95. The van der Waals surface area contributed by atoms with Crippen molar-refractivity contribution in [2.24, 2.45) is 0 Å². The number of hydrogen-bond donors (Lipinski definition) is 0. The lowest BCUT2D eigenvalue weighted by atomic mass is 10.1. The fourth-order valence-corrected chi connectivity index (χ4v) is 8.42. The zero-order valence-electron chi connectivity index (χ0n) is 19.5. The molecule has 0 atom stereocenters. The molecule has 3 aromatic carbocycles. The second kappa shape index (κ2) is 15.2. The van der Waals surface area contributed by atoms with Gasteiger partial charge in [0.2, 0.25) is 0 Å². The van der Waals surface area contributed by atoms with E-state index in [4.69, 9.17) is 0 Å². The molecule has 2 heteroatoms. The monoisotopic (exact) mass is 508 g/mol. The molecular formula is C30H38BrP. The Labute approximate surface area is 207 Å². The third-order valence-corrected chi connectivity index (χ3v) is 10.4. The van der Waals surface area contributed by atoms with Gasteiger partial charge in [0.25, 0.3) is 0 Å². The average molecular weight is 510 g/mol. The molecule has 0 unspecified atom stereocenters. The van der Waals surface area contributed by atoms with Crippen molar-refractivity contribution in [1.29, 1.82) is 0 Å². The lowest BCUT2D eigenvalue weighted by molar-refractivity contribution is -0.00000625. The molecule has 0 spiro atoms. The molecule has 0 N–H and O–H groups in total. The zero-order valence-corrected chi connectivity index (χ0v) is 22.0. The first-order chi connectivity index (χ1) is 15.4. The maximum Gasteiger partial charge on any atom is 0.115 e. The summed E-state index contributed by atoms with van der Waals surface area (Å²) in [6.45, 7) is 2.29. The van der Waals surface area contributed by atoms with Gasteiger partial charge in [0.1, 0.15) is 23.2 Å². The minimum absolute atomic E-state index is 0. The van der Waals surface area contributed by atoms with Crippen LogP contribution >= 0.6 is 7.26 Å². The van der Waals surface area contributed by atoms with Gasteiger partial charge < -0.3 is 17.0 Å². The highest BCUT2D eigenvalue weighted by atomic mass is 79.9. The minimum atomic E-state index is -1.71. The fourth-order valence-electron chi connectivity index (χ4n) is 4.38. The average Bonchev–Trinajstić information content (AvgIpc) is 2.84. The predicted molar refractivity (Wildman–Crippen MR) is 142 cm³/mol. The molecule has 0 saturated carbocycles. The van der Waals surface area contributed by atoms with E-state index in [1.807, 2.05) is 0 Å². The van der Waals surface area contributed by atoms with Crippen molar-refractivity contribution < 1.29 is 17.0 Å². The van der Waals surface area contributed by atoms with Crippen molar-refractivity contribution in [3.8, 4) is 0 Å². The van der Waals surface area contributed by atoms with Crippen molar-refractivity contribution in [1.82, 2.24) is 0 Å². The Morgan fingerprint density at radius 2 is 0.938 bits per heavy atom. The molecule has 32 heavy (non-hydrogen) atoms. The van der Waals surface area contributed by atoms with Crippen molar-refractivity contribution in [2.75, 3.05) is 6.16 Å². The Kier molecular flexibility index (Phi) is 12.6. The molecule has 170 valence electrons. The lowest BCUT2D eigenvalue weighted by Gasteiger charge is -2.26. The molecule has 0 aliphatic rings. The number of rotatable bonds is 13. The van der Waals surface area contributed by atoms with Crippen molar-refractivity contribution >= 4 is 23.2 Å². The van der Waals surface area contributed by atoms with Crippen LogP contribution in [0.1, 0.15) is 58.3 Å². The van der Waals surface area contributed by atoms with Crippen LogP contribution in [0.5, 0.6) is 0 Å². The largest absolute Gasteiger partial charge is 1.00 e. The topological polar surface area (TPSA) is 0 Å².